The second-order valence-electron chi connectivity index (χ2n) is 6.19. The van der Waals surface area contributed by atoms with E-state index in [4.69, 9.17) is 4.74 Å². The zero-order chi connectivity index (χ0) is 13.1. The number of nitrogens with zero attached hydrogens (tertiary/aromatic N) is 3. The van der Waals surface area contributed by atoms with Crippen LogP contribution >= 0.6 is 0 Å². The fourth-order valence-electron chi connectivity index (χ4n) is 3.20. The molecule has 5 nitrogen and oxygen atoms in total. The number of morpholine rings is 1. The van der Waals surface area contributed by atoms with Crippen molar-refractivity contribution in [2.24, 2.45) is 5.41 Å². The summed E-state index contributed by atoms with van der Waals surface area (Å²) in [7, 11) is 0. The van der Waals surface area contributed by atoms with E-state index < -0.39 is 0 Å². The van der Waals surface area contributed by atoms with Crippen molar-refractivity contribution >= 4 is 0 Å². The fourth-order valence-corrected chi connectivity index (χ4v) is 3.20. The molecule has 5 heteroatoms. The molecule has 2 saturated heterocycles. The molecule has 1 N–H and O–H groups in total. The Kier molecular flexibility index (Phi) is 3.86. The van der Waals surface area contributed by atoms with Crippen molar-refractivity contribution in [2.75, 3.05) is 39.3 Å². The summed E-state index contributed by atoms with van der Waals surface area (Å²) in [5.41, 5.74) is 0.438. The Balaban J connectivity index is 1.53. The Bertz CT molecular complexity index is 386. The molecule has 0 amide bonds. The number of hydrogen-bond donors (Lipinski definition) is 1. The van der Waals surface area contributed by atoms with Gasteiger partial charge < -0.3 is 10.1 Å². The molecule has 2 fully saturated rings. The maximum Gasteiger partial charge on any atom is 0.0898 e. The van der Waals surface area contributed by atoms with Crippen molar-refractivity contribution < 1.29 is 4.74 Å². The van der Waals surface area contributed by atoms with Gasteiger partial charge in [0.05, 0.1) is 19.3 Å². The Morgan fingerprint density at radius 3 is 3.21 bits per heavy atom. The van der Waals surface area contributed by atoms with Gasteiger partial charge in [0.2, 0.25) is 0 Å². The first-order valence-electron chi connectivity index (χ1n) is 7.26. The molecule has 3 rings (SSSR count). The van der Waals surface area contributed by atoms with Crippen LogP contribution in [0, 0.1) is 5.41 Å². The highest BCUT2D eigenvalue weighted by atomic mass is 16.5. The molecule has 2 aliphatic rings. The highest BCUT2D eigenvalue weighted by molar-refractivity contribution is 4.88. The van der Waals surface area contributed by atoms with Crippen LogP contribution in [0.15, 0.2) is 18.5 Å². The van der Waals surface area contributed by atoms with Gasteiger partial charge in [-0.05, 0) is 24.4 Å². The number of ether oxygens (including phenoxy) is 1. The Labute approximate surface area is 114 Å². The average molecular weight is 264 g/mol. The van der Waals surface area contributed by atoms with E-state index in [0.717, 1.165) is 39.3 Å². The zero-order valence-electron chi connectivity index (χ0n) is 11.7. The number of nitrogens with one attached hydrogen (secondary N) is 1. The lowest BCUT2D eigenvalue weighted by Gasteiger charge is -2.37. The van der Waals surface area contributed by atoms with Crippen LogP contribution in [0.5, 0.6) is 0 Å². The van der Waals surface area contributed by atoms with E-state index in [2.05, 4.69) is 22.2 Å². The lowest BCUT2D eigenvalue weighted by atomic mass is 9.89. The topological polar surface area (TPSA) is 42.3 Å². The van der Waals surface area contributed by atoms with E-state index in [1.165, 1.54) is 13.0 Å². The average Bonchev–Trinajstić information content (AvgIpc) is 3.02. The normalized spacial score (nSPS) is 32.8. The molecule has 0 radical (unpaired) electrons. The summed E-state index contributed by atoms with van der Waals surface area (Å²) in [6.45, 7) is 9.67. The molecule has 106 valence electrons. The van der Waals surface area contributed by atoms with Gasteiger partial charge in [-0.25, -0.2) is 0 Å². The van der Waals surface area contributed by atoms with Crippen molar-refractivity contribution in [3.8, 4) is 0 Å². The minimum absolute atomic E-state index is 0.270. The molecule has 0 aliphatic carbocycles. The summed E-state index contributed by atoms with van der Waals surface area (Å²) in [6.07, 6.45) is 5.39. The molecule has 2 unspecified atom stereocenters. The Morgan fingerprint density at radius 1 is 1.53 bits per heavy atom. The van der Waals surface area contributed by atoms with Gasteiger partial charge in [-0.3, -0.25) is 9.58 Å². The molecule has 0 saturated carbocycles. The van der Waals surface area contributed by atoms with E-state index in [9.17, 15) is 0 Å². The summed E-state index contributed by atoms with van der Waals surface area (Å²) in [5.74, 6) is 0. The van der Waals surface area contributed by atoms with Crippen molar-refractivity contribution in [3.05, 3.63) is 18.5 Å². The van der Waals surface area contributed by atoms with Gasteiger partial charge in [-0.2, -0.15) is 5.10 Å². The van der Waals surface area contributed by atoms with Crippen molar-refractivity contribution in [1.29, 1.82) is 0 Å². The highest BCUT2D eigenvalue weighted by Gasteiger charge is 2.32. The van der Waals surface area contributed by atoms with E-state index in [0.29, 0.717) is 5.41 Å². The van der Waals surface area contributed by atoms with Gasteiger partial charge in [-0.15, -0.1) is 0 Å². The molecule has 0 aromatic carbocycles. The fraction of sp³-hybridized carbons (Fsp3) is 0.786. The van der Waals surface area contributed by atoms with Gasteiger partial charge in [0, 0.05) is 38.6 Å². The van der Waals surface area contributed by atoms with Gasteiger partial charge in [0.1, 0.15) is 0 Å². The Hall–Kier alpha value is -0.910. The van der Waals surface area contributed by atoms with Crippen LogP contribution in [0.1, 0.15) is 13.3 Å². The highest BCUT2D eigenvalue weighted by Crippen LogP contribution is 2.26. The summed E-state index contributed by atoms with van der Waals surface area (Å²) in [6, 6.07) is 1.96. The minimum atomic E-state index is 0.270. The number of rotatable bonds is 4. The monoisotopic (exact) mass is 264 g/mol. The first-order valence-corrected chi connectivity index (χ1v) is 7.26. The zero-order valence-corrected chi connectivity index (χ0v) is 11.7. The van der Waals surface area contributed by atoms with Gasteiger partial charge in [0.25, 0.3) is 0 Å². The van der Waals surface area contributed by atoms with Crippen LogP contribution < -0.4 is 5.32 Å². The summed E-state index contributed by atoms with van der Waals surface area (Å²) in [5, 5.41) is 7.74. The van der Waals surface area contributed by atoms with Crippen LogP contribution in [0.25, 0.3) is 0 Å². The van der Waals surface area contributed by atoms with Crippen molar-refractivity contribution in [1.82, 2.24) is 20.0 Å². The third kappa shape index (κ3) is 3.35. The second-order valence-corrected chi connectivity index (χ2v) is 6.19. The quantitative estimate of drug-likeness (QED) is 0.864. The lowest BCUT2D eigenvalue weighted by molar-refractivity contribution is -0.0466. The maximum atomic E-state index is 5.86. The Morgan fingerprint density at radius 2 is 2.47 bits per heavy atom. The van der Waals surface area contributed by atoms with Crippen molar-refractivity contribution in [2.45, 2.75) is 26.0 Å². The minimum Gasteiger partial charge on any atom is -0.374 e. The molecule has 2 atom stereocenters. The smallest absolute Gasteiger partial charge is 0.0898 e. The molecule has 1 aromatic heterocycles. The number of hydrogen-bond acceptors (Lipinski definition) is 4. The van der Waals surface area contributed by atoms with E-state index in [1.807, 2.05) is 23.1 Å². The SMILES string of the molecule is CC1(CN2CCOC(Cn3cccn3)C2)CCNC1. The predicted molar refractivity (Wildman–Crippen MR) is 74.0 cm³/mol. The maximum absolute atomic E-state index is 5.86. The molecule has 19 heavy (non-hydrogen) atoms. The molecule has 2 aliphatic heterocycles. The molecular weight excluding hydrogens is 240 g/mol. The van der Waals surface area contributed by atoms with Crippen LogP contribution in [-0.2, 0) is 11.3 Å². The van der Waals surface area contributed by atoms with E-state index >= 15 is 0 Å². The lowest BCUT2D eigenvalue weighted by Crippen LogP contribution is -2.48. The predicted octanol–water partition coefficient (Wildman–Crippen LogP) is 0.583. The van der Waals surface area contributed by atoms with E-state index in [-0.39, 0.29) is 6.10 Å². The van der Waals surface area contributed by atoms with Gasteiger partial charge in [0.15, 0.2) is 0 Å². The molecule has 1 aromatic rings. The molecule has 0 spiro atoms. The molecule has 0 bridgehead atoms. The summed E-state index contributed by atoms with van der Waals surface area (Å²) >= 11 is 0. The largest absolute Gasteiger partial charge is 0.374 e. The molecular formula is C14H24N4O. The standard InChI is InChI=1S/C14H24N4O/c1-14(3-5-15-11-14)12-17-7-8-19-13(9-17)10-18-6-2-4-16-18/h2,4,6,13,15H,3,5,7-12H2,1H3. The van der Waals surface area contributed by atoms with Gasteiger partial charge in [-0.1, -0.05) is 6.92 Å². The summed E-state index contributed by atoms with van der Waals surface area (Å²) in [4.78, 5) is 2.56. The first-order chi connectivity index (χ1) is 9.23. The molecule has 3 heterocycles. The third-order valence-electron chi connectivity index (χ3n) is 4.24. The van der Waals surface area contributed by atoms with Gasteiger partial charge >= 0.3 is 0 Å². The third-order valence-corrected chi connectivity index (χ3v) is 4.24. The summed E-state index contributed by atoms with van der Waals surface area (Å²) < 4.78 is 7.83. The van der Waals surface area contributed by atoms with Crippen LogP contribution in [0.2, 0.25) is 0 Å². The van der Waals surface area contributed by atoms with Crippen molar-refractivity contribution in [3.63, 3.8) is 0 Å². The number of aromatic nitrogens is 2. The van der Waals surface area contributed by atoms with Crippen LogP contribution in [0.3, 0.4) is 0 Å². The first kappa shape index (κ1) is 13.1. The van der Waals surface area contributed by atoms with Crippen LogP contribution in [0.4, 0.5) is 0 Å². The van der Waals surface area contributed by atoms with Crippen LogP contribution in [-0.4, -0.2) is 60.1 Å². The van der Waals surface area contributed by atoms with E-state index in [1.54, 1.807) is 0 Å². The second kappa shape index (κ2) is 5.61.